The molecule has 298 valence electrons. The number of hydrogen-bond acceptors (Lipinski definition) is 9. The van der Waals surface area contributed by atoms with Gasteiger partial charge in [-0.3, -0.25) is 14.4 Å². The summed E-state index contributed by atoms with van der Waals surface area (Å²) in [6.07, 6.45) is -2.78. The molecule has 3 aromatic carbocycles. The van der Waals surface area contributed by atoms with Crippen LogP contribution in [0.2, 0.25) is 5.02 Å². The minimum absolute atomic E-state index is 0.0136. The maximum absolute atomic E-state index is 14.5. The molecule has 0 aliphatic carbocycles. The number of carbonyl (C=O) groups excluding carboxylic acids is 2. The van der Waals surface area contributed by atoms with E-state index >= 15 is 0 Å². The smallest absolute Gasteiger partial charge is 0.416 e. The van der Waals surface area contributed by atoms with Crippen molar-refractivity contribution in [2.45, 2.75) is 51.1 Å². The highest BCUT2D eigenvalue weighted by molar-refractivity contribution is 6.33. The van der Waals surface area contributed by atoms with E-state index in [1.807, 2.05) is 30.3 Å². The van der Waals surface area contributed by atoms with Crippen molar-refractivity contribution in [3.05, 3.63) is 134 Å². The molecule has 1 saturated heterocycles. The van der Waals surface area contributed by atoms with Crippen molar-refractivity contribution in [3.63, 3.8) is 0 Å². The average Bonchev–Trinajstić information content (AvgIpc) is 3.66. The monoisotopic (exact) mass is 816 g/mol. The highest BCUT2D eigenvalue weighted by Gasteiger charge is 2.46. The number of benzene rings is 3. The van der Waals surface area contributed by atoms with Crippen LogP contribution in [0.5, 0.6) is 5.75 Å². The lowest BCUT2D eigenvalue weighted by atomic mass is 9.81. The number of rotatable bonds is 8. The fraction of sp³-hybridized carbons (Fsp3) is 0.275. The highest BCUT2D eigenvalue weighted by atomic mass is 35.5. The minimum Gasteiger partial charge on any atom is -0.485 e. The second-order valence-electron chi connectivity index (χ2n) is 13.9. The van der Waals surface area contributed by atoms with Gasteiger partial charge in [0, 0.05) is 30.8 Å². The van der Waals surface area contributed by atoms with Crippen molar-refractivity contribution >= 4 is 34.9 Å². The fourth-order valence-corrected chi connectivity index (χ4v) is 7.63. The van der Waals surface area contributed by atoms with E-state index in [9.17, 15) is 31.9 Å². The molecule has 0 atom stereocenters. The number of piperidine rings is 1. The number of alkyl halides is 3. The molecule has 8 rings (SSSR count). The molecule has 58 heavy (non-hydrogen) atoms. The van der Waals surface area contributed by atoms with E-state index in [1.165, 1.54) is 29.1 Å². The first-order valence-electron chi connectivity index (χ1n) is 18.2. The molecule has 2 aliphatic rings. The number of nitrogens with one attached hydrogen (secondary N) is 1. The number of hydrogen-bond donors (Lipinski definition) is 1. The lowest BCUT2D eigenvalue weighted by molar-refractivity contribution is -0.137. The molecule has 0 saturated carbocycles. The van der Waals surface area contributed by atoms with Crippen LogP contribution in [0, 0.1) is 12.7 Å². The van der Waals surface area contributed by atoms with Gasteiger partial charge < -0.3 is 24.3 Å². The lowest BCUT2D eigenvalue weighted by Crippen LogP contribution is -2.52. The molecule has 13 nitrogen and oxygen atoms in total. The van der Waals surface area contributed by atoms with Crippen LogP contribution in [-0.4, -0.2) is 65.5 Å². The summed E-state index contributed by atoms with van der Waals surface area (Å²) in [7, 11) is 0. The Bertz CT molecular complexity index is 2630. The third-order valence-electron chi connectivity index (χ3n) is 10.2. The normalized spacial score (nSPS) is 15.0. The summed E-state index contributed by atoms with van der Waals surface area (Å²) in [4.78, 5) is 56.9. The molecule has 0 unspecified atom stereocenters. The van der Waals surface area contributed by atoms with Gasteiger partial charge in [-0.05, 0) is 55.7 Å². The molecule has 18 heteroatoms. The number of aromatic nitrogens is 6. The van der Waals surface area contributed by atoms with Crippen molar-refractivity contribution in [1.82, 2.24) is 34.0 Å². The van der Waals surface area contributed by atoms with Gasteiger partial charge in [-0.2, -0.15) is 22.7 Å². The predicted molar refractivity (Wildman–Crippen MR) is 202 cm³/mol. The Hall–Kier alpha value is -6.20. The minimum atomic E-state index is -4.64. The van der Waals surface area contributed by atoms with E-state index in [2.05, 4.69) is 25.4 Å². The van der Waals surface area contributed by atoms with E-state index in [0.717, 1.165) is 22.2 Å². The van der Waals surface area contributed by atoms with E-state index in [1.54, 1.807) is 17.9 Å². The Labute approximate surface area is 332 Å². The summed E-state index contributed by atoms with van der Waals surface area (Å²) in [5.41, 5.74) is -0.399. The van der Waals surface area contributed by atoms with Gasteiger partial charge >= 0.3 is 6.18 Å². The third-order valence-corrected chi connectivity index (χ3v) is 10.6. The van der Waals surface area contributed by atoms with Crippen molar-refractivity contribution < 1.29 is 36.6 Å². The van der Waals surface area contributed by atoms with Gasteiger partial charge in [-0.25, -0.2) is 14.4 Å². The molecular formula is C40H33ClF4N8O5. The van der Waals surface area contributed by atoms with Gasteiger partial charge in [0.25, 0.3) is 11.5 Å². The average molecular weight is 817 g/mol. The van der Waals surface area contributed by atoms with Crippen LogP contribution in [-0.2, 0) is 40.9 Å². The van der Waals surface area contributed by atoms with E-state index in [4.69, 9.17) is 21.1 Å². The van der Waals surface area contributed by atoms with Gasteiger partial charge in [-0.1, -0.05) is 54.1 Å². The number of amides is 2. The molecule has 6 aromatic rings. The maximum Gasteiger partial charge on any atom is 0.416 e. The van der Waals surface area contributed by atoms with E-state index in [0.29, 0.717) is 17.5 Å². The number of fused-ring (bicyclic) bond motifs is 3. The maximum atomic E-state index is 14.5. The summed E-state index contributed by atoms with van der Waals surface area (Å²) in [6.45, 7) is 1.94. The van der Waals surface area contributed by atoms with Gasteiger partial charge in [0.05, 0.1) is 34.1 Å². The van der Waals surface area contributed by atoms with Gasteiger partial charge in [-0.15, -0.1) is 5.10 Å². The predicted octanol–water partition coefficient (Wildman–Crippen LogP) is 6.39. The quantitative estimate of drug-likeness (QED) is 0.173. The van der Waals surface area contributed by atoms with Crippen LogP contribution in [0.1, 0.15) is 51.4 Å². The van der Waals surface area contributed by atoms with Crippen LogP contribution in [0.3, 0.4) is 0 Å². The largest absolute Gasteiger partial charge is 0.485 e. The zero-order valence-corrected chi connectivity index (χ0v) is 31.5. The van der Waals surface area contributed by atoms with E-state index in [-0.39, 0.29) is 96.4 Å². The molecule has 1 fully saturated rings. The van der Waals surface area contributed by atoms with Gasteiger partial charge in [0.2, 0.25) is 11.7 Å². The zero-order chi connectivity index (χ0) is 40.8. The zero-order valence-electron chi connectivity index (χ0n) is 30.7. The SMILES string of the molecule is Cc1ncnc(C(=O)N2CCC3(CC2)OCCc2c3c(=O)n3nc(-c4cccc(F)c4)nc3n2CC(=O)Nc2ccc(C(F)(F)F)cc2Cl)c1OCc1ccccc1. The second kappa shape index (κ2) is 15.3. The van der Waals surface area contributed by atoms with Crippen LogP contribution in [0.4, 0.5) is 23.2 Å². The van der Waals surface area contributed by atoms with Gasteiger partial charge in [0.1, 0.15) is 30.9 Å². The number of ether oxygens (including phenoxy) is 2. The summed E-state index contributed by atoms with van der Waals surface area (Å²) in [6, 6.07) is 17.5. The topological polar surface area (TPSA) is 146 Å². The number of halogens is 5. The van der Waals surface area contributed by atoms with Crippen molar-refractivity contribution in [2.24, 2.45) is 0 Å². The summed E-state index contributed by atoms with van der Waals surface area (Å²) < 4.78 is 69.2. The Balaban J connectivity index is 1.12. The summed E-state index contributed by atoms with van der Waals surface area (Å²) in [5, 5.41) is 6.68. The summed E-state index contributed by atoms with van der Waals surface area (Å²) >= 11 is 6.15. The molecule has 2 aliphatic heterocycles. The van der Waals surface area contributed by atoms with Crippen LogP contribution < -0.4 is 15.6 Å². The van der Waals surface area contributed by atoms with Crippen LogP contribution >= 0.6 is 11.6 Å². The third kappa shape index (κ3) is 7.38. The summed E-state index contributed by atoms with van der Waals surface area (Å²) in [5.74, 6) is -1.38. The van der Waals surface area contributed by atoms with Crippen molar-refractivity contribution in [2.75, 3.05) is 25.0 Å². The molecule has 1 spiro atoms. The molecule has 0 bridgehead atoms. The lowest BCUT2D eigenvalue weighted by Gasteiger charge is -2.44. The number of anilines is 1. The van der Waals surface area contributed by atoms with Crippen molar-refractivity contribution in [3.8, 4) is 17.1 Å². The molecule has 2 amide bonds. The first kappa shape index (κ1) is 38.7. The molecule has 0 radical (unpaired) electrons. The Morgan fingerprint density at radius 1 is 1.02 bits per heavy atom. The number of aryl methyl sites for hydroxylation is 1. The standard InChI is InChI=1S/C40H33ClF4N8O5/c1-23-34(57-21-24-6-3-2-4-7-24)33(47-22-46-23)37(56)51-15-13-39(14-16-51)32-30(12-17-58-39)52(20-31(54)48-29-11-10-26(19-28(29)41)40(43,44)45)38-49-35(50-53(38)36(32)55)25-8-5-9-27(42)18-25/h2-11,18-19,22H,12-17,20-21H2,1H3,(H,48,54). The first-order chi connectivity index (χ1) is 27.8. The molecule has 1 N–H and O–H groups in total. The Kier molecular flexibility index (Phi) is 10.2. The second-order valence-corrected chi connectivity index (χ2v) is 14.3. The number of nitrogens with zero attached hydrogens (tertiary/aromatic N) is 7. The van der Waals surface area contributed by atoms with Crippen LogP contribution in [0.25, 0.3) is 17.2 Å². The van der Waals surface area contributed by atoms with Gasteiger partial charge in [0.15, 0.2) is 17.3 Å². The molecule has 3 aromatic heterocycles. The number of likely N-dealkylation sites (tertiary alicyclic amines) is 1. The Morgan fingerprint density at radius 3 is 2.52 bits per heavy atom. The molecule has 5 heterocycles. The highest BCUT2D eigenvalue weighted by Crippen LogP contribution is 2.41. The number of carbonyl (C=O) groups is 2. The van der Waals surface area contributed by atoms with E-state index < -0.39 is 41.2 Å². The molecular weight excluding hydrogens is 784 g/mol. The van der Waals surface area contributed by atoms with Crippen LogP contribution in [0.15, 0.2) is 83.9 Å². The van der Waals surface area contributed by atoms with Crippen molar-refractivity contribution in [1.29, 1.82) is 0 Å². The fourth-order valence-electron chi connectivity index (χ4n) is 7.41. The first-order valence-corrected chi connectivity index (χ1v) is 18.6. The Morgan fingerprint density at radius 2 is 1.79 bits per heavy atom.